The summed E-state index contributed by atoms with van der Waals surface area (Å²) in [5, 5.41) is 3.45. The van der Waals surface area contributed by atoms with Gasteiger partial charge in [-0.2, -0.15) is 0 Å². The van der Waals surface area contributed by atoms with Gasteiger partial charge in [0.05, 0.1) is 5.69 Å². The number of thioether (sulfide) groups is 1. The highest BCUT2D eigenvalue weighted by molar-refractivity contribution is 8.13. The summed E-state index contributed by atoms with van der Waals surface area (Å²) in [7, 11) is -3.17. The number of rotatable bonds is 5. The quantitative estimate of drug-likeness (QED) is 0.822. The minimum Gasteiger partial charge on any atom is -0.385 e. The van der Waals surface area contributed by atoms with Crippen molar-refractivity contribution < 1.29 is 8.42 Å². The summed E-state index contributed by atoms with van der Waals surface area (Å²) in [4.78, 5) is 5.07. The zero-order valence-corrected chi connectivity index (χ0v) is 13.6. The van der Waals surface area contributed by atoms with E-state index in [1.807, 2.05) is 30.5 Å². The van der Waals surface area contributed by atoms with Crippen LogP contribution in [-0.4, -0.2) is 25.0 Å². The molecule has 1 aliphatic rings. The van der Waals surface area contributed by atoms with Gasteiger partial charge in [0, 0.05) is 29.5 Å². The topological polar surface area (TPSA) is 71.1 Å². The standard InChI is InChI=1S/C15H17N3O2S2/c19-22(20)11-21-15-9-13(5-6-14(15)18-22)17-8-2-4-12-3-1-7-16-10-12/h1,3,5-7,9-10,17-18H,2,4,8,11H2. The fourth-order valence-electron chi connectivity index (χ4n) is 2.25. The van der Waals surface area contributed by atoms with E-state index in [4.69, 9.17) is 0 Å². The van der Waals surface area contributed by atoms with Crippen LogP contribution in [-0.2, 0) is 16.4 Å². The average molecular weight is 335 g/mol. The fraction of sp³-hybridized carbons (Fsp3) is 0.267. The predicted molar refractivity (Wildman–Crippen MR) is 90.8 cm³/mol. The Morgan fingerprint density at radius 2 is 2.23 bits per heavy atom. The second-order valence-electron chi connectivity index (χ2n) is 5.08. The minimum absolute atomic E-state index is 0.0739. The van der Waals surface area contributed by atoms with E-state index in [0.717, 1.165) is 30.0 Å². The van der Waals surface area contributed by atoms with E-state index in [9.17, 15) is 8.42 Å². The van der Waals surface area contributed by atoms with Gasteiger partial charge in [0.1, 0.15) is 5.08 Å². The zero-order chi connectivity index (χ0) is 15.4. The molecule has 2 heterocycles. The number of sulfonamides is 1. The highest BCUT2D eigenvalue weighted by atomic mass is 32.3. The molecule has 7 heteroatoms. The van der Waals surface area contributed by atoms with Crippen molar-refractivity contribution in [2.24, 2.45) is 0 Å². The van der Waals surface area contributed by atoms with Crippen LogP contribution >= 0.6 is 11.8 Å². The second kappa shape index (κ2) is 6.58. The second-order valence-corrected chi connectivity index (χ2v) is 8.19. The van der Waals surface area contributed by atoms with Crippen LogP contribution < -0.4 is 10.0 Å². The van der Waals surface area contributed by atoms with Crippen LogP contribution in [0.15, 0.2) is 47.6 Å². The van der Waals surface area contributed by atoms with Crippen molar-refractivity contribution in [1.29, 1.82) is 0 Å². The van der Waals surface area contributed by atoms with Crippen LogP contribution in [0.2, 0.25) is 0 Å². The van der Waals surface area contributed by atoms with Gasteiger partial charge in [0.2, 0.25) is 10.0 Å². The molecular formula is C15H17N3O2S2. The van der Waals surface area contributed by atoms with Gasteiger partial charge >= 0.3 is 0 Å². The zero-order valence-electron chi connectivity index (χ0n) is 12.0. The first-order valence-electron chi connectivity index (χ1n) is 7.02. The van der Waals surface area contributed by atoms with Crippen LogP contribution in [0, 0.1) is 0 Å². The number of fused-ring (bicyclic) bond motifs is 1. The lowest BCUT2D eigenvalue weighted by molar-refractivity contribution is 0.605. The SMILES string of the molecule is O=S1(=O)CSc2cc(NCCCc3cccnc3)ccc2N1. The molecule has 2 aromatic rings. The van der Waals surface area contributed by atoms with Gasteiger partial charge in [-0.25, -0.2) is 8.42 Å². The molecule has 0 radical (unpaired) electrons. The molecule has 1 aliphatic heterocycles. The van der Waals surface area contributed by atoms with Gasteiger partial charge in [0.25, 0.3) is 0 Å². The van der Waals surface area contributed by atoms with E-state index < -0.39 is 10.0 Å². The number of hydrogen-bond acceptors (Lipinski definition) is 5. The summed E-state index contributed by atoms with van der Waals surface area (Å²) in [6, 6.07) is 9.73. The maximum Gasteiger partial charge on any atom is 0.242 e. The summed E-state index contributed by atoms with van der Waals surface area (Å²) in [5.74, 6) is 0. The first-order valence-corrected chi connectivity index (χ1v) is 9.66. The molecule has 2 N–H and O–H groups in total. The Labute approximate surface area is 134 Å². The summed E-state index contributed by atoms with van der Waals surface area (Å²) in [6.07, 6.45) is 5.67. The van der Waals surface area contributed by atoms with E-state index in [1.54, 1.807) is 6.20 Å². The molecule has 116 valence electrons. The minimum atomic E-state index is -3.17. The number of anilines is 2. The van der Waals surface area contributed by atoms with Crippen LogP contribution in [0.25, 0.3) is 0 Å². The lowest BCUT2D eigenvalue weighted by atomic mass is 10.1. The normalized spacial score (nSPS) is 15.6. The molecular weight excluding hydrogens is 318 g/mol. The molecule has 0 fully saturated rings. The van der Waals surface area contributed by atoms with E-state index in [-0.39, 0.29) is 5.08 Å². The molecule has 1 aromatic heterocycles. The Morgan fingerprint density at radius 1 is 1.32 bits per heavy atom. The Balaban J connectivity index is 1.54. The fourth-order valence-corrected chi connectivity index (χ4v) is 4.67. The maximum absolute atomic E-state index is 11.5. The van der Waals surface area contributed by atoms with Crippen molar-refractivity contribution in [2.75, 3.05) is 21.7 Å². The van der Waals surface area contributed by atoms with Gasteiger partial charge in [-0.3, -0.25) is 9.71 Å². The van der Waals surface area contributed by atoms with Gasteiger partial charge in [-0.1, -0.05) is 6.07 Å². The summed E-state index contributed by atoms with van der Waals surface area (Å²) >= 11 is 1.35. The Kier molecular flexibility index (Phi) is 4.54. The van der Waals surface area contributed by atoms with E-state index in [0.29, 0.717) is 5.69 Å². The monoisotopic (exact) mass is 335 g/mol. The number of benzene rings is 1. The van der Waals surface area contributed by atoms with Crippen molar-refractivity contribution in [3.8, 4) is 0 Å². The highest BCUT2D eigenvalue weighted by Crippen LogP contribution is 2.35. The van der Waals surface area contributed by atoms with Gasteiger partial charge in [0.15, 0.2) is 0 Å². The van der Waals surface area contributed by atoms with Crippen LogP contribution in [0.5, 0.6) is 0 Å². The van der Waals surface area contributed by atoms with Crippen LogP contribution in [0.3, 0.4) is 0 Å². The van der Waals surface area contributed by atoms with Crippen LogP contribution in [0.4, 0.5) is 11.4 Å². The Bertz CT molecular complexity index is 749. The van der Waals surface area contributed by atoms with Crippen molar-refractivity contribution >= 4 is 33.2 Å². The maximum atomic E-state index is 11.5. The molecule has 0 saturated heterocycles. The molecule has 1 aromatic carbocycles. The predicted octanol–water partition coefficient (Wildman–Crippen LogP) is 2.93. The number of hydrogen-bond donors (Lipinski definition) is 2. The van der Waals surface area contributed by atoms with E-state index in [2.05, 4.69) is 21.1 Å². The lowest BCUT2D eigenvalue weighted by Crippen LogP contribution is -2.19. The van der Waals surface area contributed by atoms with Crippen LogP contribution in [0.1, 0.15) is 12.0 Å². The molecule has 3 rings (SSSR count). The Hall–Kier alpha value is -1.73. The van der Waals surface area contributed by atoms with Gasteiger partial charge in [-0.15, -0.1) is 11.8 Å². The average Bonchev–Trinajstić information content (AvgIpc) is 2.52. The number of nitrogens with one attached hydrogen (secondary N) is 2. The van der Waals surface area contributed by atoms with Gasteiger partial charge < -0.3 is 5.32 Å². The molecule has 0 saturated carbocycles. The number of nitrogens with zero attached hydrogens (tertiary/aromatic N) is 1. The molecule has 5 nitrogen and oxygen atoms in total. The molecule has 0 atom stereocenters. The van der Waals surface area contributed by atoms with E-state index in [1.165, 1.54) is 17.3 Å². The van der Waals surface area contributed by atoms with E-state index >= 15 is 0 Å². The van der Waals surface area contributed by atoms with Crippen molar-refractivity contribution in [1.82, 2.24) is 4.98 Å². The van der Waals surface area contributed by atoms with Gasteiger partial charge in [-0.05, 0) is 42.7 Å². The number of aromatic nitrogens is 1. The summed E-state index contributed by atoms with van der Waals surface area (Å²) < 4.78 is 25.6. The van der Waals surface area contributed by atoms with Crippen molar-refractivity contribution in [2.45, 2.75) is 17.7 Å². The number of aryl methyl sites for hydroxylation is 1. The molecule has 22 heavy (non-hydrogen) atoms. The smallest absolute Gasteiger partial charge is 0.242 e. The molecule has 0 aliphatic carbocycles. The third-order valence-corrected chi connectivity index (χ3v) is 6.20. The summed E-state index contributed by atoms with van der Waals surface area (Å²) in [6.45, 7) is 0.865. The lowest BCUT2D eigenvalue weighted by Gasteiger charge is -2.18. The number of pyridine rings is 1. The molecule has 0 unspecified atom stereocenters. The third kappa shape index (κ3) is 3.92. The first-order chi connectivity index (χ1) is 10.6. The first kappa shape index (κ1) is 15.2. The largest absolute Gasteiger partial charge is 0.385 e. The summed E-state index contributed by atoms with van der Waals surface area (Å²) in [5.41, 5.74) is 2.91. The Morgan fingerprint density at radius 3 is 3.05 bits per heavy atom. The molecule has 0 amide bonds. The van der Waals surface area contributed by atoms with Crippen molar-refractivity contribution in [3.63, 3.8) is 0 Å². The van der Waals surface area contributed by atoms with Crippen molar-refractivity contribution in [3.05, 3.63) is 48.3 Å². The molecule has 0 bridgehead atoms. The highest BCUT2D eigenvalue weighted by Gasteiger charge is 2.20. The third-order valence-electron chi connectivity index (χ3n) is 3.31. The molecule has 0 spiro atoms.